The van der Waals surface area contributed by atoms with Crippen LogP contribution in [0.3, 0.4) is 0 Å². The molecule has 2 aromatic carbocycles. The first-order valence-electron chi connectivity index (χ1n) is 9.47. The maximum atomic E-state index is 13.2. The van der Waals surface area contributed by atoms with Crippen molar-refractivity contribution >= 4 is 44.9 Å². The first-order chi connectivity index (χ1) is 15.1. The van der Waals surface area contributed by atoms with E-state index in [0.29, 0.717) is 5.02 Å². The summed E-state index contributed by atoms with van der Waals surface area (Å²) in [6.45, 7) is 1.67. The first kappa shape index (κ1) is 25.3. The van der Waals surface area contributed by atoms with Gasteiger partial charge in [0.2, 0.25) is 15.9 Å². The summed E-state index contributed by atoms with van der Waals surface area (Å²) in [5.41, 5.74) is 0.382. The highest BCUT2D eigenvalue weighted by atomic mass is 35.5. The number of anilines is 2. The van der Waals surface area contributed by atoms with E-state index >= 15 is 0 Å². The quantitative estimate of drug-likeness (QED) is 0.543. The van der Waals surface area contributed by atoms with E-state index in [4.69, 9.17) is 25.8 Å². The molecule has 0 fully saturated rings. The Balaban J connectivity index is 2.52. The topological polar surface area (TPSA) is 111 Å². The van der Waals surface area contributed by atoms with Crippen LogP contribution in [-0.4, -0.2) is 53.9 Å². The SMILES string of the molecule is CC[C@@H](C(=O)Nc1cc(OC)c(OC)cc1C(=O)OC)N(c1ccc(Cl)cc1)S(C)(=O)=O. The molecule has 0 aliphatic rings. The Labute approximate surface area is 192 Å². The monoisotopic (exact) mass is 484 g/mol. The Morgan fingerprint density at radius 2 is 1.62 bits per heavy atom. The molecule has 32 heavy (non-hydrogen) atoms. The highest BCUT2D eigenvalue weighted by Crippen LogP contribution is 2.34. The minimum atomic E-state index is -3.84. The van der Waals surface area contributed by atoms with Crippen molar-refractivity contribution in [3.8, 4) is 11.5 Å². The maximum absolute atomic E-state index is 13.2. The lowest BCUT2D eigenvalue weighted by atomic mass is 10.1. The predicted molar refractivity (Wildman–Crippen MR) is 122 cm³/mol. The van der Waals surface area contributed by atoms with Gasteiger partial charge in [-0.25, -0.2) is 13.2 Å². The van der Waals surface area contributed by atoms with Crippen molar-refractivity contribution in [1.82, 2.24) is 0 Å². The van der Waals surface area contributed by atoms with Crippen molar-refractivity contribution in [2.45, 2.75) is 19.4 Å². The summed E-state index contributed by atoms with van der Waals surface area (Å²) < 4.78 is 41.4. The highest BCUT2D eigenvalue weighted by molar-refractivity contribution is 7.92. The Hall–Kier alpha value is -2.98. The summed E-state index contributed by atoms with van der Waals surface area (Å²) in [7, 11) is 0.167. The molecule has 174 valence electrons. The molecular formula is C21H25ClN2O7S. The van der Waals surface area contributed by atoms with Gasteiger partial charge < -0.3 is 19.5 Å². The van der Waals surface area contributed by atoms with Crippen LogP contribution in [0.2, 0.25) is 5.02 Å². The molecule has 0 aliphatic heterocycles. The molecule has 9 nitrogen and oxygen atoms in total. The molecule has 1 atom stereocenters. The van der Waals surface area contributed by atoms with E-state index in [1.54, 1.807) is 6.92 Å². The second-order valence-corrected chi connectivity index (χ2v) is 8.99. The van der Waals surface area contributed by atoms with Crippen molar-refractivity contribution in [2.75, 3.05) is 37.2 Å². The summed E-state index contributed by atoms with van der Waals surface area (Å²) in [5.74, 6) is -0.838. The van der Waals surface area contributed by atoms with Gasteiger partial charge >= 0.3 is 5.97 Å². The lowest BCUT2D eigenvalue weighted by Crippen LogP contribution is -2.47. The molecule has 2 rings (SSSR count). The van der Waals surface area contributed by atoms with Crippen LogP contribution in [-0.2, 0) is 19.6 Å². The van der Waals surface area contributed by atoms with Crippen LogP contribution in [0.4, 0.5) is 11.4 Å². The van der Waals surface area contributed by atoms with Crippen molar-refractivity contribution < 1.29 is 32.2 Å². The molecule has 0 saturated heterocycles. The van der Waals surface area contributed by atoms with Gasteiger partial charge in [-0.3, -0.25) is 9.10 Å². The molecule has 0 aromatic heterocycles. The number of sulfonamides is 1. The van der Waals surface area contributed by atoms with E-state index in [1.165, 1.54) is 57.7 Å². The van der Waals surface area contributed by atoms with E-state index in [2.05, 4.69) is 5.32 Å². The van der Waals surface area contributed by atoms with Gasteiger partial charge in [0.15, 0.2) is 11.5 Å². The average Bonchev–Trinajstić information content (AvgIpc) is 2.76. The predicted octanol–water partition coefficient (Wildman–Crippen LogP) is 3.33. The molecule has 2 aromatic rings. The van der Waals surface area contributed by atoms with E-state index in [0.717, 1.165) is 10.6 Å². The van der Waals surface area contributed by atoms with Crippen LogP contribution in [0.1, 0.15) is 23.7 Å². The Morgan fingerprint density at radius 3 is 2.09 bits per heavy atom. The third kappa shape index (κ3) is 5.63. The largest absolute Gasteiger partial charge is 0.493 e. The van der Waals surface area contributed by atoms with Gasteiger partial charge in [0.1, 0.15) is 6.04 Å². The van der Waals surface area contributed by atoms with Crippen molar-refractivity contribution in [1.29, 1.82) is 0 Å². The fourth-order valence-corrected chi connectivity index (χ4v) is 4.46. The van der Waals surface area contributed by atoms with Crippen molar-refractivity contribution in [3.63, 3.8) is 0 Å². The van der Waals surface area contributed by atoms with Gasteiger partial charge in [-0.1, -0.05) is 18.5 Å². The number of benzene rings is 2. The first-order valence-corrected chi connectivity index (χ1v) is 11.7. The number of ether oxygens (including phenoxy) is 3. The summed E-state index contributed by atoms with van der Waals surface area (Å²) in [5, 5.41) is 3.05. The zero-order valence-electron chi connectivity index (χ0n) is 18.3. The van der Waals surface area contributed by atoms with Gasteiger partial charge in [0, 0.05) is 17.2 Å². The van der Waals surface area contributed by atoms with E-state index in [9.17, 15) is 18.0 Å². The Morgan fingerprint density at radius 1 is 1.06 bits per heavy atom. The van der Waals surface area contributed by atoms with Crippen LogP contribution in [0.5, 0.6) is 11.5 Å². The molecule has 0 bridgehead atoms. The van der Waals surface area contributed by atoms with Gasteiger partial charge in [-0.05, 0) is 30.7 Å². The number of methoxy groups -OCH3 is 3. The van der Waals surface area contributed by atoms with Crippen molar-refractivity contribution in [2.24, 2.45) is 0 Å². The van der Waals surface area contributed by atoms with E-state index in [1.807, 2.05) is 0 Å². The molecule has 0 spiro atoms. The zero-order valence-corrected chi connectivity index (χ0v) is 19.9. The number of hydrogen-bond acceptors (Lipinski definition) is 7. The summed E-state index contributed by atoms with van der Waals surface area (Å²) in [6, 6.07) is 7.75. The number of esters is 1. The number of hydrogen-bond donors (Lipinski definition) is 1. The van der Waals surface area contributed by atoms with Crippen LogP contribution in [0, 0.1) is 0 Å². The zero-order chi connectivity index (χ0) is 24.1. The van der Waals surface area contributed by atoms with Crippen LogP contribution < -0.4 is 19.1 Å². The van der Waals surface area contributed by atoms with E-state index in [-0.39, 0.29) is 34.9 Å². The number of halogens is 1. The molecular weight excluding hydrogens is 460 g/mol. The number of carbonyl (C=O) groups excluding carboxylic acids is 2. The fraction of sp³-hybridized carbons (Fsp3) is 0.333. The summed E-state index contributed by atoms with van der Waals surface area (Å²) in [4.78, 5) is 25.5. The third-order valence-corrected chi connectivity index (χ3v) is 6.03. The smallest absolute Gasteiger partial charge is 0.340 e. The summed E-state index contributed by atoms with van der Waals surface area (Å²) >= 11 is 5.91. The number of carbonyl (C=O) groups is 2. The minimum absolute atomic E-state index is 0.0192. The number of amides is 1. The molecule has 0 heterocycles. The second kappa shape index (κ2) is 10.6. The van der Waals surface area contributed by atoms with Crippen LogP contribution in [0.25, 0.3) is 0 Å². The normalized spacial score (nSPS) is 11.9. The number of rotatable bonds is 9. The van der Waals surface area contributed by atoms with Crippen LogP contribution in [0.15, 0.2) is 36.4 Å². The van der Waals surface area contributed by atoms with Gasteiger partial charge in [-0.15, -0.1) is 0 Å². The summed E-state index contributed by atoms with van der Waals surface area (Å²) in [6.07, 6.45) is 1.16. The molecule has 1 amide bonds. The van der Waals surface area contributed by atoms with Gasteiger partial charge in [-0.2, -0.15) is 0 Å². The number of nitrogens with one attached hydrogen (secondary N) is 1. The van der Waals surface area contributed by atoms with Crippen LogP contribution >= 0.6 is 11.6 Å². The molecule has 1 N–H and O–H groups in total. The fourth-order valence-electron chi connectivity index (χ4n) is 3.13. The molecule has 0 radical (unpaired) electrons. The van der Waals surface area contributed by atoms with Gasteiger partial charge in [0.05, 0.1) is 44.5 Å². The average molecular weight is 485 g/mol. The van der Waals surface area contributed by atoms with Gasteiger partial charge in [0.25, 0.3) is 0 Å². The lowest BCUT2D eigenvalue weighted by Gasteiger charge is -2.30. The van der Waals surface area contributed by atoms with Crippen molar-refractivity contribution in [3.05, 3.63) is 47.0 Å². The Kier molecular flexibility index (Phi) is 8.34. The minimum Gasteiger partial charge on any atom is -0.493 e. The van der Waals surface area contributed by atoms with E-state index < -0.39 is 27.9 Å². The third-order valence-electron chi connectivity index (χ3n) is 4.60. The number of nitrogens with zero attached hydrogens (tertiary/aromatic N) is 1. The highest BCUT2D eigenvalue weighted by Gasteiger charge is 2.32. The molecule has 11 heteroatoms. The molecule has 0 aliphatic carbocycles. The maximum Gasteiger partial charge on any atom is 0.340 e. The lowest BCUT2D eigenvalue weighted by molar-refractivity contribution is -0.117. The second-order valence-electron chi connectivity index (χ2n) is 6.69. The Bertz CT molecular complexity index is 1090. The molecule has 0 unspecified atom stereocenters. The standard InChI is InChI=1S/C21H25ClN2O7S/c1-6-17(24(32(5,27)28)14-9-7-13(22)8-10-14)20(25)23-16-12-19(30-3)18(29-2)11-15(16)21(26)31-4/h7-12,17H,6H2,1-5H3,(H,23,25)/t17-/m0/s1. The molecule has 0 saturated carbocycles.